The van der Waals surface area contributed by atoms with E-state index in [0.29, 0.717) is 23.7 Å². The quantitative estimate of drug-likeness (QED) is 0.769. The first-order chi connectivity index (χ1) is 11.9. The van der Waals surface area contributed by atoms with Crippen LogP contribution in [-0.4, -0.2) is 29.6 Å². The fraction of sp³-hybridized carbons (Fsp3) is 0.368. The van der Waals surface area contributed by atoms with Crippen LogP contribution < -0.4 is 5.32 Å². The van der Waals surface area contributed by atoms with Gasteiger partial charge in [-0.1, -0.05) is 23.7 Å². The van der Waals surface area contributed by atoms with Gasteiger partial charge in [0.1, 0.15) is 6.54 Å². The number of rotatable bonds is 7. The summed E-state index contributed by atoms with van der Waals surface area (Å²) in [5.41, 5.74) is 3.22. The van der Waals surface area contributed by atoms with E-state index in [9.17, 15) is 9.59 Å². The van der Waals surface area contributed by atoms with E-state index in [-0.39, 0.29) is 18.4 Å². The van der Waals surface area contributed by atoms with Gasteiger partial charge < -0.3 is 14.6 Å². The van der Waals surface area contributed by atoms with Gasteiger partial charge in [0.15, 0.2) is 0 Å². The highest BCUT2D eigenvalue weighted by atomic mass is 35.5. The Morgan fingerprint density at radius 1 is 1.20 bits per heavy atom. The standard InChI is InChI=1S/C19H23ClN2O3/c1-4-25-19(24)17-11-13(2)22(14(17)3)12-18(23)21-10-9-15-5-7-16(20)8-6-15/h5-8,11H,4,9-10,12H2,1-3H3,(H,21,23). The number of aryl methyl sites for hydroxylation is 1. The van der Waals surface area contributed by atoms with Gasteiger partial charge in [-0.15, -0.1) is 0 Å². The lowest BCUT2D eigenvalue weighted by molar-refractivity contribution is -0.121. The molecule has 6 heteroatoms. The van der Waals surface area contributed by atoms with Crippen molar-refractivity contribution < 1.29 is 14.3 Å². The molecule has 0 spiro atoms. The predicted molar refractivity (Wildman–Crippen MR) is 98.0 cm³/mol. The Bertz CT molecular complexity index is 751. The maximum Gasteiger partial charge on any atom is 0.339 e. The van der Waals surface area contributed by atoms with E-state index in [2.05, 4.69) is 5.32 Å². The van der Waals surface area contributed by atoms with Crippen molar-refractivity contribution in [3.05, 3.63) is 57.9 Å². The Hall–Kier alpha value is -2.27. The molecular weight excluding hydrogens is 340 g/mol. The summed E-state index contributed by atoms with van der Waals surface area (Å²) in [6, 6.07) is 9.32. The molecule has 0 atom stereocenters. The lowest BCUT2D eigenvalue weighted by Gasteiger charge is -2.10. The third kappa shape index (κ3) is 5.10. The van der Waals surface area contributed by atoms with Gasteiger partial charge >= 0.3 is 5.97 Å². The van der Waals surface area contributed by atoms with Crippen LogP contribution in [0.4, 0.5) is 0 Å². The maximum absolute atomic E-state index is 12.2. The van der Waals surface area contributed by atoms with Crippen LogP contribution in [0.3, 0.4) is 0 Å². The second-order valence-corrected chi connectivity index (χ2v) is 6.25. The molecule has 0 aliphatic heterocycles. The minimum atomic E-state index is -0.356. The highest BCUT2D eigenvalue weighted by Crippen LogP contribution is 2.16. The zero-order chi connectivity index (χ0) is 18.4. The molecule has 0 saturated heterocycles. The van der Waals surface area contributed by atoms with Crippen molar-refractivity contribution in [2.24, 2.45) is 0 Å². The molecule has 0 radical (unpaired) electrons. The van der Waals surface area contributed by atoms with Crippen molar-refractivity contribution in [3.8, 4) is 0 Å². The van der Waals surface area contributed by atoms with Crippen molar-refractivity contribution in [2.75, 3.05) is 13.2 Å². The molecule has 0 bridgehead atoms. The van der Waals surface area contributed by atoms with Crippen LogP contribution in [0.2, 0.25) is 5.02 Å². The number of esters is 1. The fourth-order valence-corrected chi connectivity index (χ4v) is 2.78. The lowest BCUT2D eigenvalue weighted by atomic mass is 10.1. The Kier molecular flexibility index (Phi) is 6.65. The molecule has 0 aliphatic carbocycles. The Balaban J connectivity index is 1.92. The van der Waals surface area contributed by atoms with Crippen LogP contribution in [0, 0.1) is 13.8 Å². The van der Waals surface area contributed by atoms with Gasteiger partial charge in [-0.2, -0.15) is 0 Å². The van der Waals surface area contributed by atoms with E-state index in [1.807, 2.05) is 42.7 Å². The average Bonchev–Trinajstić information content (AvgIpc) is 2.85. The number of hydrogen-bond acceptors (Lipinski definition) is 3. The van der Waals surface area contributed by atoms with E-state index in [4.69, 9.17) is 16.3 Å². The molecule has 5 nitrogen and oxygen atoms in total. The Morgan fingerprint density at radius 3 is 2.52 bits per heavy atom. The largest absolute Gasteiger partial charge is 0.462 e. The minimum Gasteiger partial charge on any atom is -0.462 e. The summed E-state index contributed by atoms with van der Waals surface area (Å²) in [4.78, 5) is 24.1. The monoisotopic (exact) mass is 362 g/mol. The van der Waals surface area contributed by atoms with Crippen LogP contribution in [-0.2, 0) is 22.5 Å². The molecule has 0 fully saturated rings. The molecule has 1 amide bonds. The number of benzene rings is 1. The molecule has 1 aromatic heterocycles. The van der Waals surface area contributed by atoms with Crippen LogP contribution in [0.15, 0.2) is 30.3 Å². The number of hydrogen-bond donors (Lipinski definition) is 1. The number of halogens is 1. The van der Waals surface area contributed by atoms with Crippen molar-refractivity contribution in [1.82, 2.24) is 9.88 Å². The van der Waals surface area contributed by atoms with Crippen molar-refractivity contribution in [1.29, 1.82) is 0 Å². The van der Waals surface area contributed by atoms with Gasteiger partial charge in [0.05, 0.1) is 12.2 Å². The van der Waals surface area contributed by atoms with Gasteiger partial charge in [0.2, 0.25) is 5.91 Å². The SMILES string of the molecule is CCOC(=O)c1cc(C)n(CC(=O)NCCc2ccc(Cl)cc2)c1C. The van der Waals surface area contributed by atoms with Gasteiger partial charge in [-0.05, 0) is 51.0 Å². The normalized spacial score (nSPS) is 10.6. The number of amides is 1. The number of carbonyl (C=O) groups excluding carboxylic acids is 2. The van der Waals surface area contributed by atoms with Crippen molar-refractivity contribution >= 4 is 23.5 Å². The van der Waals surface area contributed by atoms with E-state index in [0.717, 1.165) is 23.4 Å². The lowest BCUT2D eigenvalue weighted by Crippen LogP contribution is -2.30. The third-order valence-electron chi connectivity index (χ3n) is 4.02. The second kappa shape index (κ2) is 8.72. The molecule has 0 unspecified atom stereocenters. The molecule has 2 rings (SSSR count). The molecule has 25 heavy (non-hydrogen) atoms. The van der Waals surface area contributed by atoms with Crippen molar-refractivity contribution in [2.45, 2.75) is 33.7 Å². The van der Waals surface area contributed by atoms with E-state index in [1.54, 1.807) is 13.0 Å². The number of nitrogens with zero attached hydrogens (tertiary/aromatic N) is 1. The summed E-state index contributed by atoms with van der Waals surface area (Å²) in [5, 5.41) is 3.60. The summed E-state index contributed by atoms with van der Waals surface area (Å²) in [6.45, 7) is 6.51. The molecular formula is C19H23ClN2O3. The molecule has 2 aromatic rings. The number of aromatic nitrogens is 1. The summed E-state index contributed by atoms with van der Waals surface area (Å²) in [5.74, 6) is -0.448. The van der Waals surface area contributed by atoms with Crippen LogP contribution in [0.25, 0.3) is 0 Å². The summed E-state index contributed by atoms with van der Waals surface area (Å²) in [7, 11) is 0. The van der Waals surface area contributed by atoms with E-state index >= 15 is 0 Å². The number of nitrogens with one attached hydrogen (secondary N) is 1. The maximum atomic E-state index is 12.2. The van der Waals surface area contributed by atoms with Crippen molar-refractivity contribution in [3.63, 3.8) is 0 Å². The average molecular weight is 363 g/mol. The Morgan fingerprint density at radius 2 is 1.88 bits per heavy atom. The fourth-order valence-electron chi connectivity index (χ4n) is 2.66. The summed E-state index contributed by atoms with van der Waals surface area (Å²) >= 11 is 5.85. The first kappa shape index (κ1) is 19.1. The van der Waals surface area contributed by atoms with Gasteiger partial charge in [0.25, 0.3) is 0 Å². The molecule has 1 N–H and O–H groups in total. The molecule has 1 heterocycles. The highest BCUT2D eigenvalue weighted by Gasteiger charge is 2.17. The minimum absolute atomic E-state index is 0.0915. The zero-order valence-corrected chi connectivity index (χ0v) is 15.5. The first-order valence-corrected chi connectivity index (χ1v) is 8.65. The summed E-state index contributed by atoms with van der Waals surface area (Å²) < 4.78 is 6.87. The predicted octanol–water partition coefficient (Wildman–Crippen LogP) is 3.29. The summed E-state index contributed by atoms with van der Waals surface area (Å²) in [6.07, 6.45) is 0.737. The van der Waals surface area contributed by atoms with Crippen LogP contribution in [0.5, 0.6) is 0 Å². The molecule has 134 valence electrons. The van der Waals surface area contributed by atoms with E-state index < -0.39 is 0 Å². The van der Waals surface area contributed by atoms with Gasteiger partial charge in [-0.3, -0.25) is 4.79 Å². The van der Waals surface area contributed by atoms with Gasteiger partial charge in [0, 0.05) is 23.0 Å². The van der Waals surface area contributed by atoms with Gasteiger partial charge in [-0.25, -0.2) is 4.79 Å². The molecule has 1 aromatic carbocycles. The molecule has 0 aliphatic rings. The second-order valence-electron chi connectivity index (χ2n) is 5.82. The topological polar surface area (TPSA) is 60.3 Å². The molecule has 0 saturated carbocycles. The third-order valence-corrected chi connectivity index (χ3v) is 4.27. The van der Waals surface area contributed by atoms with Crippen LogP contribution >= 0.6 is 11.6 Å². The zero-order valence-electron chi connectivity index (χ0n) is 14.8. The van der Waals surface area contributed by atoms with E-state index in [1.165, 1.54) is 0 Å². The first-order valence-electron chi connectivity index (χ1n) is 8.27. The van der Waals surface area contributed by atoms with Crippen LogP contribution in [0.1, 0.15) is 34.2 Å². The number of ether oxygens (including phenoxy) is 1. The number of carbonyl (C=O) groups is 2. The Labute approximate surface area is 152 Å². The highest BCUT2D eigenvalue weighted by molar-refractivity contribution is 6.30. The smallest absolute Gasteiger partial charge is 0.339 e.